The van der Waals surface area contributed by atoms with Crippen LogP contribution in [-0.4, -0.2) is 39.1 Å². The molecular formula is C21H24F3NO4S. The first kappa shape index (κ1) is 22.6. The highest BCUT2D eigenvalue weighted by molar-refractivity contribution is 7.89. The Morgan fingerprint density at radius 2 is 1.77 bits per heavy atom. The van der Waals surface area contributed by atoms with Crippen LogP contribution in [0.4, 0.5) is 13.2 Å². The maximum absolute atomic E-state index is 13.3. The van der Waals surface area contributed by atoms with Gasteiger partial charge in [0.2, 0.25) is 10.0 Å². The topological polar surface area (TPSA) is 55.8 Å². The van der Waals surface area contributed by atoms with Gasteiger partial charge in [0.25, 0.3) is 0 Å². The van der Waals surface area contributed by atoms with Crippen LogP contribution < -0.4 is 4.74 Å². The minimum Gasteiger partial charge on any atom is -0.491 e. The number of benzene rings is 2. The minimum atomic E-state index is -4.49. The standard InChI is InChI=1S/C21H24F3NO4S/c1-15(16-4-3-5-17(14-16)21(22,23)24)25(18-6-7-18)30(26,27)20-10-8-19(9-11-20)29-13-12-28-2/h3-5,8-11,14-15,18H,6-7,12-13H2,1-2H3/t15-/m1/s1. The van der Waals surface area contributed by atoms with Gasteiger partial charge in [-0.3, -0.25) is 0 Å². The summed E-state index contributed by atoms with van der Waals surface area (Å²) in [5.74, 6) is 0.509. The van der Waals surface area contributed by atoms with Crippen molar-refractivity contribution in [1.82, 2.24) is 4.31 Å². The highest BCUT2D eigenvalue weighted by Gasteiger charge is 2.42. The average molecular weight is 443 g/mol. The predicted octanol–water partition coefficient (Wildman–Crippen LogP) is 4.64. The molecule has 0 heterocycles. The molecule has 1 atom stereocenters. The summed E-state index contributed by atoms with van der Waals surface area (Å²) in [5, 5.41) is 0. The largest absolute Gasteiger partial charge is 0.491 e. The lowest BCUT2D eigenvalue weighted by molar-refractivity contribution is -0.137. The second-order valence-electron chi connectivity index (χ2n) is 7.18. The molecular weight excluding hydrogens is 419 g/mol. The van der Waals surface area contributed by atoms with E-state index in [4.69, 9.17) is 9.47 Å². The van der Waals surface area contributed by atoms with Crippen LogP contribution in [0.1, 0.15) is 36.9 Å². The number of ether oxygens (including phenoxy) is 2. The molecule has 0 spiro atoms. The Hall–Kier alpha value is -2.10. The molecule has 0 amide bonds. The molecule has 1 aliphatic rings. The van der Waals surface area contributed by atoms with Gasteiger partial charge in [0.1, 0.15) is 12.4 Å². The van der Waals surface area contributed by atoms with E-state index >= 15 is 0 Å². The zero-order valence-electron chi connectivity index (χ0n) is 16.7. The molecule has 2 aromatic carbocycles. The van der Waals surface area contributed by atoms with Crippen LogP contribution in [0, 0.1) is 0 Å². The van der Waals surface area contributed by atoms with Crippen LogP contribution >= 0.6 is 0 Å². The van der Waals surface area contributed by atoms with Gasteiger partial charge in [-0.15, -0.1) is 0 Å². The summed E-state index contributed by atoms with van der Waals surface area (Å²) in [4.78, 5) is 0.0762. The van der Waals surface area contributed by atoms with Gasteiger partial charge in [0.15, 0.2) is 0 Å². The molecule has 3 rings (SSSR count). The quantitative estimate of drug-likeness (QED) is 0.530. The van der Waals surface area contributed by atoms with Crippen molar-refractivity contribution in [1.29, 1.82) is 0 Å². The maximum atomic E-state index is 13.3. The third-order valence-corrected chi connectivity index (χ3v) is 6.98. The monoisotopic (exact) mass is 443 g/mol. The van der Waals surface area contributed by atoms with Gasteiger partial charge < -0.3 is 9.47 Å². The molecule has 1 fully saturated rings. The Morgan fingerprint density at radius 1 is 1.10 bits per heavy atom. The van der Waals surface area contributed by atoms with E-state index in [1.54, 1.807) is 26.2 Å². The molecule has 0 aliphatic heterocycles. The number of rotatable bonds is 9. The molecule has 5 nitrogen and oxygen atoms in total. The van der Waals surface area contributed by atoms with Gasteiger partial charge in [-0.05, 0) is 61.7 Å². The number of alkyl halides is 3. The molecule has 164 valence electrons. The van der Waals surface area contributed by atoms with Gasteiger partial charge in [-0.2, -0.15) is 17.5 Å². The third-order valence-electron chi connectivity index (χ3n) is 4.94. The van der Waals surface area contributed by atoms with Crippen LogP contribution in [0.5, 0.6) is 5.75 Å². The SMILES string of the molecule is COCCOc1ccc(S(=O)(=O)N(C2CC2)[C@H](C)c2cccc(C(F)(F)F)c2)cc1. The molecule has 0 aromatic heterocycles. The Balaban J connectivity index is 1.87. The van der Waals surface area contributed by atoms with Gasteiger partial charge in [0.05, 0.1) is 17.1 Å². The molecule has 0 unspecified atom stereocenters. The minimum absolute atomic E-state index is 0.0762. The lowest BCUT2D eigenvalue weighted by Crippen LogP contribution is -2.35. The van der Waals surface area contributed by atoms with Crippen LogP contribution in [0.3, 0.4) is 0 Å². The highest BCUT2D eigenvalue weighted by atomic mass is 32.2. The van der Waals surface area contributed by atoms with E-state index in [2.05, 4.69) is 0 Å². The fraction of sp³-hybridized carbons (Fsp3) is 0.429. The van der Waals surface area contributed by atoms with Crippen molar-refractivity contribution >= 4 is 10.0 Å². The summed E-state index contributed by atoms with van der Waals surface area (Å²) in [6, 6.07) is 9.88. The number of hydrogen-bond acceptors (Lipinski definition) is 4. The van der Waals surface area contributed by atoms with E-state index in [0.717, 1.165) is 12.1 Å². The molecule has 1 aliphatic carbocycles. The lowest BCUT2D eigenvalue weighted by Gasteiger charge is -2.29. The maximum Gasteiger partial charge on any atom is 0.416 e. The van der Waals surface area contributed by atoms with Crippen LogP contribution in [0.25, 0.3) is 0 Å². The fourth-order valence-corrected chi connectivity index (χ4v) is 5.11. The number of nitrogens with zero attached hydrogens (tertiary/aromatic N) is 1. The van der Waals surface area contributed by atoms with Gasteiger partial charge in [-0.1, -0.05) is 12.1 Å². The van der Waals surface area contributed by atoms with E-state index in [0.29, 0.717) is 37.4 Å². The average Bonchev–Trinajstić information content (AvgIpc) is 3.53. The van der Waals surface area contributed by atoms with E-state index in [-0.39, 0.29) is 10.9 Å². The van der Waals surface area contributed by atoms with Crippen molar-refractivity contribution in [2.45, 2.75) is 42.9 Å². The Bertz CT molecular complexity index is 957. The zero-order valence-corrected chi connectivity index (χ0v) is 17.5. The summed E-state index contributed by atoms with van der Waals surface area (Å²) >= 11 is 0. The van der Waals surface area contributed by atoms with Crippen molar-refractivity contribution in [3.8, 4) is 5.75 Å². The van der Waals surface area contributed by atoms with Crippen LogP contribution in [-0.2, 0) is 20.9 Å². The Kier molecular flexibility index (Phi) is 6.74. The van der Waals surface area contributed by atoms with E-state index in [9.17, 15) is 21.6 Å². The summed E-state index contributed by atoms with van der Waals surface area (Å²) in [7, 11) is -2.35. The Labute approximate surface area is 174 Å². The van der Waals surface area contributed by atoms with Crippen molar-refractivity contribution in [2.75, 3.05) is 20.3 Å². The molecule has 0 bridgehead atoms. The number of hydrogen-bond donors (Lipinski definition) is 0. The second-order valence-corrected chi connectivity index (χ2v) is 9.02. The summed E-state index contributed by atoms with van der Waals surface area (Å²) in [6.45, 7) is 2.36. The van der Waals surface area contributed by atoms with Crippen LogP contribution in [0.15, 0.2) is 53.4 Å². The molecule has 1 saturated carbocycles. The van der Waals surface area contributed by atoms with E-state index < -0.39 is 27.8 Å². The fourth-order valence-electron chi connectivity index (χ4n) is 3.24. The summed E-state index contributed by atoms with van der Waals surface area (Å²) < 4.78 is 77.6. The lowest BCUT2D eigenvalue weighted by atomic mass is 10.0. The summed E-state index contributed by atoms with van der Waals surface area (Å²) in [5.41, 5.74) is -0.489. The van der Waals surface area contributed by atoms with Crippen molar-refractivity contribution in [3.05, 3.63) is 59.7 Å². The first-order chi connectivity index (χ1) is 14.1. The number of sulfonamides is 1. The predicted molar refractivity (Wildman–Crippen MR) is 106 cm³/mol. The second kappa shape index (κ2) is 8.95. The van der Waals surface area contributed by atoms with Gasteiger partial charge in [-0.25, -0.2) is 8.42 Å². The highest BCUT2D eigenvalue weighted by Crippen LogP contribution is 2.40. The van der Waals surface area contributed by atoms with Crippen molar-refractivity contribution in [2.24, 2.45) is 0 Å². The smallest absolute Gasteiger partial charge is 0.416 e. The molecule has 0 radical (unpaired) electrons. The first-order valence-electron chi connectivity index (χ1n) is 9.57. The zero-order chi connectivity index (χ0) is 21.9. The van der Waals surface area contributed by atoms with Crippen molar-refractivity contribution in [3.63, 3.8) is 0 Å². The van der Waals surface area contributed by atoms with Crippen LogP contribution in [0.2, 0.25) is 0 Å². The molecule has 30 heavy (non-hydrogen) atoms. The molecule has 0 saturated heterocycles. The Morgan fingerprint density at radius 3 is 2.33 bits per heavy atom. The third kappa shape index (κ3) is 5.14. The van der Waals surface area contributed by atoms with E-state index in [1.807, 2.05) is 0 Å². The van der Waals surface area contributed by atoms with Gasteiger partial charge in [0, 0.05) is 19.2 Å². The molecule has 2 aromatic rings. The first-order valence-corrected chi connectivity index (χ1v) is 11.0. The van der Waals surface area contributed by atoms with E-state index in [1.165, 1.54) is 28.6 Å². The number of methoxy groups -OCH3 is 1. The normalized spacial score (nSPS) is 15.9. The molecule has 0 N–H and O–H groups in total. The van der Waals surface area contributed by atoms with Gasteiger partial charge >= 0.3 is 6.18 Å². The summed E-state index contributed by atoms with van der Waals surface area (Å²) in [6.07, 6.45) is -3.13. The molecule has 9 heteroatoms. The number of halogens is 3. The van der Waals surface area contributed by atoms with Crippen molar-refractivity contribution < 1.29 is 31.1 Å².